The van der Waals surface area contributed by atoms with E-state index in [1.807, 2.05) is 0 Å². The number of methoxy groups -OCH3 is 1. The summed E-state index contributed by atoms with van der Waals surface area (Å²) in [5.41, 5.74) is 0. The number of esters is 1. The summed E-state index contributed by atoms with van der Waals surface area (Å²) in [5, 5.41) is 0. The number of fused-ring (bicyclic) bond motifs is 1. The van der Waals surface area contributed by atoms with Gasteiger partial charge in [-0.3, -0.25) is 4.79 Å². The van der Waals surface area contributed by atoms with Crippen LogP contribution in [0, 0.1) is 23.7 Å². The van der Waals surface area contributed by atoms with Crippen LogP contribution in [0.5, 0.6) is 0 Å². The van der Waals surface area contributed by atoms with E-state index in [4.69, 9.17) is 4.74 Å². The third kappa shape index (κ3) is 0.970. The summed E-state index contributed by atoms with van der Waals surface area (Å²) in [6, 6.07) is 0. The number of carbonyl (C=O) groups is 1. The second-order valence-electron chi connectivity index (χ2n) is 4.25. The lowest BCUT2D eigenvalue weighted by Gasteiger charge is -2.40. The van der Waals surface area contributed by atoms with Gasteiger partial charge < -0.3 is 4.74 Å². The van der Waals surface area contributed by atoms with Gasteiger partial charge in [0, 0.05) is 0 Å². The smallest absolute Gasteiger partial charge is 0.308 e. The Bertz CT molecular complexity index is 200. The van der Waals surface area contributed by atoms with Crippen molar-refractivity contribution >= 4 is 5.97 Å². The largest absolute Gasteiger partial charge is 0.469 e. The minimum atomic E-state index is 0.0188. The van der Waals surface area contributed by atoms with Crippen LogP contribution in [0.25, 0.3) is 0 Å². The van der Waals surface area contributed by atoms with Gasteiger partial charge in [0.25, 0.3) is 0 Å². The minimum absolute atomic E-state index is 0.0188. The van der Waals surface area contributed by atoms with E-state index in [0.717, 1.165) is 18.3 Å². The molecule has 0 bridgehead atoms. The fourth-order valence-corrected chi connectivity index (χ4v) is 2.91. The van der Waals surface area contributed by atoms with Crippen LogP contribution in [0.15, 0.2) is 0 Å². The van der Waals surface area contributed by atoms with Crippen LogP contribution in [0.3, 0.4) is 0 Å². The van der Waals surface area contributed by atoms with Crippen LogP contribution in [-0.4, -0.2) is 13.1 Å². The highest BCUT2D eigenvalue weighted by Gasteiger charge is 2.50. The van der Waals surface area contributed by atoms with E-state index in [-0.39, 0.29) is 11.9 Å². The maximum atomic E-state index is 11.2. The van der Waals surface area contributed by atoms with E-state index in [9.17, 15) is 4.79 Å². The summed E-state index contributed by atoms with van der Waals surface area (Å²) >= 11 is 0. The van der Waals surface area contributed by atoms with E-state index < -0.39 is 0 Å². The minimum Gasteiger partial charge on any atom is -0.469 e. The lowest BCUT2D eigenvalue weighted by atomic mass is 9.64. The van der Waals surface area contributed by atoms with Crippen LogP contribution in [-0.2, 0) is 9.53 Å². The molecule has 0 N–H and O–H groups in total. The molecule has 0 saturated heterocycles. The summed E-state index contributed by atoms with van der Waals surface area (Å²) in [6.45, 7) is 2.30. The predicted octanol–water partition coefficient (Wildman–Crippen LogP) is 1.84. The zero-order valence-electron chi connectivity index (χ0n) is 7.75. The molecule has 2 saturated carbocycles. The molecular weight excluding hydrogens is 152 g/mol. The third-order valence-electron chi connectivity index (χ3n) is 3.78. The lowest BCUT2D eigenvalue weighted by molar-refractivity contribution is -0.154. The predicted molar refractivity (Wildman–Crippen MR) is 45.5 cm³/mol. The number of carbonyl (C=O) groups excluding carboxylic acids is 1. The molecule has 0 amide bonds. The molecule has 2 rings (SSSR count). The van der Waals surface area contributed by atoms with Crippen LogP contribution >= 0.6 is 0 Å². The first-order valence-electron chi connectivity index (χ1n) is 4.82. The molecule has 2 heteroatoms. The van der Waals surface area contributed by atoms with Crippen molar-refractivity contribution in [3.8, 4) is 0 Å². The highest BCUT2D eigenvalue weighted by molar-refractivity contribution is 5.74. The molecule has 2 unspecified atom stereocenters. The van der Waals surface area contributed by atoms with Gasteiger partial charge >= 0.3 is 5.97 Å². The number of hydrogen-bond donors (Lipinski definition) is 0. The van der Waals surface area contributed by atoms with Gasteiger partial charge in [0.15, 0.2) is 0 Å². The molecule has 12 heavy (non-hydrogen) atoms. The molecule has 0 aromatic rings. The average Bonchev–Trinajstić information content (AvgIpc) is 2.27. The van der Waals surface area contributed by atoms with Crippen molar-refractivity contribution in [3.05, 3.63) is 0 Å². The average molecular weight is 168 g/mol. The second kappa shape index (κ2) is 2.75. The highest BCUT2D eigenvalue weighted by atomic mass is 16.5. The van der Waals surface area contributed by atoms with Crippen LogP contribution < -0.4 is 0 Å². The van der Waals surface area contributed by atoms with Gasteiger partial charge in [0.2, 0.25) is 0 Å². The molecule has 0 heterocycles. The molecule has 2 fully saturated rings. The Balaban J connectivity index is 1.96. The van der Waals surface area contributed by atoms with Gasteiger partial charge in [-0.2, -0.15) is 0 Å². The topological polar surface area (TPSA) is 26.3 Å². The van der Waals surface area contributed by atoms with Crippen molar-refractivity contribution in [2.24, 2.45) is 23.7 Å². The summed E-state index contributed by atoms with van der Waals surface area (Å²) < 4.78 is 4.76. The summed E-state index contributed by atoms with van der Waals surface area (Å²) in [5.74, 6) is 2.59. The van der Waals surface area contributed by atoms with Gasteiger partial charge in [-0.1, -0.05) is 13.3 Å². The van der Waals surface area contributed by atoms with Gasteiger partial charge in [0.1, 0.15) is 0 Å². The lowest BCUT2D eigenvalue weighted by Crippen LogP contribution is -2.40. The van der Waals surface area contributed by atoms with Crippen molar-refractivity contribution in [2.45, 2.75) is 26.2 Å². The normalized spacial score (nSPS) is 44.8. The summed E-state index contributed by atoms with van der Waals surface area (Å²) in [7, 11) is 1.49. The maximum Gasteiger partial charge on any atom is 0.308 e. The molecule has 0 radical (unpaired) electrons. The van der Waals surface area contributed by atoms with E-state index in [1.165, 1.54) is 20.0 Å². The molecular formula is C10H16O2. The van der Waals surface area contributed by atoms with Crippen LogP contribution in [0.2, 0.25) is 0 Å². The van der Waals surface area contributed by atoms with E-state index in [2.05, 4.69) is 6.92 Å². The number of rotatable bonds is 1. The fourth-order valence-electron chi connectivity index (χ4n) is 2.91. The molecule has 2 aliphatic carbocycles. The first-order chi connectivity index (χ1) is 5.74. The van der Waals surface area contributed by atoms with E-state index >= 15 is 0 Å². The molecule has 0 aromatic carbocycles. The second-order valence-corrected chi connectivity index (χ2v) is 4.25. The van der Waals surface area contributed by atoms with Crippen molar-refractivity contribution in [1.29, 1.82) is 0 Å². The van der Waals surface area contributed by atoms with E-state index in [1.54, 1.807) is 0 Å². The molecule has 2 aliphatic rings. The van der Waals surface area contributed by atoms with Crippen LogP contribution in [0.1, 0.15) is 26.2 Å². The molecule has 0 aliphatic heterocycles. The maximum absolute atomic E-state index is 11.2. The summed E-state index contributed by atoms with van der Waals surface area (Å²) in [4.78, 5) is 11.2. The first-order valence-corrected chi connectivity index (χ1v) is 4.82. The third-order valence-corrected chi connectivity index (χ3v) is 3.78. The van der Waals surface area contributed by atoms with Gasteiger partial charge in [-0.25, -0.2) is 0 Å². The SMILES string of the molecule is COC(=O)C1CC2[C@H]1CC[C@H]2C. The Kier molecular flexibility index (Phi) is 1.85. The zero-order chi connectivity index (χ0) is 8.72. The Labute approximate surface area is 73.3 Å². The van der Waals surface area contributed by atoms with Crippen molar-refractivity contribution < 1.29 is 9.53 Å². The Morgan fingerprint density at radius 1 is 1.33 bits per heavy atom. The number of hydrogen-bond acceptors (Lipinski definition) is 2. The quantitative estimate of drug-likeness (QED) is 0.558. The van der Waals surface area contributed by atoms with Crippen LogP contribution in [0.4, 0.5) is 0 Å². The monoisotopic (exact) mass is 168 g/mol. The molecule has 0 aromatic heterocycles. The number of ether oxygens (including phenoxy) is 1. The summed E-state index contributed by atoms with van der Waals surface area (Å²) in [6.07, 6.45) is 3.63. The Morgan fingerprint density at radius 2 is 2.08 bits per heavy atom. The zero-order valence-corrected chi connectivity index (χ0v) is 7.75. The Morgan fingerprint density at radius 3 is 2.67 bits per heavy atom. The molecule has 0 spiro atoms. The van der Waals surface area contributed by atoms with Gasteiger partial charge in [-0.05, 0) is 30.6 Å². The van der Waals surface area contributed by atoms with Gasteiger partial charge in [0.05, 0.1) is 13.0 Å². The van der Waals surface area contributed by atoms with Crippen molar-refractivity contribution in [2.75, 3.05) is 7.11 Å². The highest BCUT2D eigenvalue weighted by Crippen LogP contribution is 2.54. The van der Waals surface area contributed by atoms with Crippen molar-refractivity contribution in [1.82, 2.24) is 0 Å². The van der Waals surface area contributed by atoms with Crippen molar-refractivity contribution in [3.63, 3.8) is 0 Å². The molecule has 2 nitrogen and oxygen atoms in total. The Hall–Kier alpha value is -0.530. The standard InChI is InChI=1S/C10H16O2/c1-6-3-4-7-8(6)5-9(7)10(11)12-2/h6-9H,3-5H2,1-2H3/t6-,7-,8?,9?/m1/s1. The van der Waals surface area contributed by atoms with Gasteiger partial charge in [-0.15, -0.1) is 0 Å². The molecule has 4 atom stereocenters. The van der Waals surface area contributed by atoms with E-state index in [0.29, 0.717) is 5.92 Å². The molecule has 68 valence electrons. The fraction of sp³-hybridized carbons (Fsp3) is 0.900. The first kappa shape index (κ1) is 8.09.